The van der Waals surface area contributed by atoms with Crippen molar-refractivity contribution in [2.24, 2.45) is 0 Å². The van der Waals surface area contributed by atoms with Gasteiger partial charge in [-0.05, 0) is 31.5 Å². The average molecular weight is 218 g/mol. The summed E-state index contributed by atoms with van der Waals surface area (Å²) in [7, 11) is 0. The molecule has 0 fully saturated rings. The molecule has 1 N–H and O–H groups in total. The number of fused-ring (bicyclic) bond motifs is 1. The van der Waals surface area contributed by atoms with Crippen LogP contribution in [0.2, 0.25) is 5.02 Å². The number of nitrogens with one attached hydrogen (secondary N) is 1. The third-order valence-corrected chi connectivity index (χ3v) is 2.91. The fourth-order valence-electron chi connectivity index (χ4n) is 1.69. The number of aromatic amines is 1. The van der Waals surface area contributed by atoms with Crippen molar-refractivity contribution in [3.8, 4) is 12.3 Å². The molecule has 1 aromatic heterocycles. The molecule has 0 bridgehead atoms. The van der Waals surface area contributed by atoms with Crippen LogP contribution in [0.4, 0.5) is 0 Å². The summed E-state index contributed by atoms with van der Waals surface area (Å²) in [5.74, 6) is 2.80. The van der Waals surface area contributed by atoms with Gasteiger partial charge in [0.2, 0.25) is 0 Å². The first-order chi connectivity index (χ1) is 7.04. The van der Waals surface area contributed by atoms with Crippen LogP contribution in [0.25, 0.3) is 10.9 Å². The Bertz CT molecular complexity index is 543. The summed E-state index contributed by atoms with van der Waals surface area (Å²) in [6.45, 7) is 4.06. The lowest BCUT2D eigenvalue weighted by Gasteiger charge is -2.16. The van der Waals surface area contributed by atoms with E-state index in [1.807, 2.05) is 38.2 Å². The summed E-state index contributed by atoms with van der Waals surface area (Å²) in [6, 6.07) is 5.80. The zero-order valence-electron chi connectivity index (χ0n) is 8.76. The van der Waals surface area contributed by atoms with Crippen LogP contribution in [0.15, 0.2) is 24.4 Å². The van der Waals surface area contributed by atoms with E-state index < -0.39 is 0 Å². The second kappa shape index (κ2) is 3.32. The summed E-state index contributed by atoms with van der Waals surface area (Å²) in [4.78, 5) is 3.19. The minimum absolute atomic E-state index is 0.258. The standard InChI is InChI=1S/C13H12ClN/c1-4-13(2,3)11-8-15-12-7-9(14)5-6-10(11)12/h1,5-8,15H,2-3H3. The van der Waals surface area contributed by atoms with Gasteiger partial charge >= 0.3 is 0 Å². The van der Waals surface area contributed by atoms with Crippen LogP contribution in [-0.2, 0) is 5.41 Å². The van der Waals surface area contributed by atoms with E-state index in [2.05, 4.69) is 10.9 Å². The van der Waals surface area contributed by atoms with E-state index in [9.17, 15) is 0 Å². The second-order valence-electron chi connectivity index (χ2n) is 4.16. The van der Waals surface area contributed by atoms with Crippen molar-refractivity contribution >= 4 is 22.5 Å². The van der Waals surface area contributed by atoms with Crippen LogP contribution in [0, 0.1) is 12.3 Å². The summed E-state index contributed by atoms with van der Waals surface area (Å²) < 4.78 is 0. The molecule has 0 saturated heterocycles. The molecule has 2 heteroatoms. The zero-order valence-corrected chi connectivity index (χ0v) is 9.52. The summed E-state index contributed by atoms with van der Waals surface area (Å²) in [5, 5.41) is 1.87. The van der Waals surface area contributed by atoms with Crippen LogP contribution in [0.1, 0.15) is 19.4 Å². The first-order valence-corrected chi connectivity index (χ1v) is 5.17. The van der Waals surface area contributed by atoms with Crippen LogP contribution < -0.4 is 0 Å². The van der Waals surface area contributed by atoms with Crippen molar-refractivity contribution < 1.29 is 0 Å². The lowest BCUT2D eigenvalue weighted by molar-refractivity contribution is 0.706. The van der Waals surface area contributed by atoms with E-state index in [0.717, 1.165) is 21.5 Å². The number of aromatic nitrogens is 1. The minimum atomic E-state index is -0.258. The Labute approximate surface area is 94.4 Å². The molecule has 0 unspecified atom stereocenters. The van der Waals surface area contributed by atoms with Crippen molar-refractivity contribution in [3.05, 3.63) is 35.0 Å². The zero-order chi connectivity index (χ0) is 11.1. The van der Waals surface area contributed by atoms with Gasteiger partial charge in [-0.3, -0.25) is 0 Å². The Kier molecular flexibility index (Phi) is 2.25. The summed E-state index contributed by atoms with van der Waals surface area (Å²) in [6.07, 6.45) is 7.49. The fourth-order valence-corrected chi connectivity index (χ4v) is 1.87. The van der Waals surface area contributed by atoms with Gasteiger partial charge < -0.3 is 4.98 Å². The number of terminal acetylenes is 1. The molecule has 0 radical (unpaired) electrons. The Morgan fingerprint density at radius 3 is 2.80 bits per heavy atom. The van der Waals surface area contributed by atoms with Gasteiger partial charge in [0.25, 0.3) is 0 Å². The number of H-pyrrole nitrogens is 1. The molecule has 2 rings (SSSR count). The van der Waals surface area contributed by atoms with Gasteiger partial charge in [-0.15, -0.1) is 6.42 Å². The number of hydrogen-bond acceptors (Lipinski definition) is 0. The van der Waals surface area contributed by atoms with Gasteiger partial charge in [0, 0.05) is 22.1 Å². The highest BCUT2D eigenvalue weighted by Crippen LogP contribution is 2.30. The Hall–Kier alpha value is -1.39. The maximum absolute atomic E-state index is 5.92. The van der Waals surface area contributed by atoms with Crippen molar-refractivity contribution in [2.75, 3.05) is 0 Å². The highest BCUT2D eigenvalue weighted by Gasteiger charge is 2.20. The Morgan fingerprint density at radius 2 is 2.13 bits per heavy atom. The molecular weight excluding hydrogens is 206 g/mol. The number of hydrogen-bond donors (Lipinski definition) is 1. The molecule has 1 aromatic carbocycles. The van der Waals surface area contributed by atoms with Crippen LogP contribution in [-0.4, -0.2) is 4.98 Å². The largest absolute Gasteiger partial charge is 0.361 e. The summed E-state index contributed by atoms with van der Waals surface area (Å²) in [5.41, 5.74) is 1.91. The Morgan fingerprint density at radius 1 is 1.40 bits per heavy atom. The maximum Gasteiger partial charge on any atom is 0.0525 e. The van der Waals surface area contributed by atoms with Crippen molar-refractivity contribution in [1.29, 1.82) is 0 Å². The highest BCUT2D eigenvalue weighted by molar-refractivity contribution is 6.31. The molecule has 15 heavy (non-hydrogen) atoms. The molecule has 0 aliphatic carbocycles. The summed E-state index contributed by atoms with van der Waals surface area (Å²) >= 11 is 5.92. The van der Waals surface area contributed by atoms with Gasteiger partial charge in [-0.1, -0.05) is 23.6 Å². The molecule has 0 aliphatic heterocycles. The van der Waals surface area contributed by atoms with E-state index in [1.165, 1.54) is 0 Å². The molecule has 1 nitrogen and oxygen atoms in total. The smallest absolute Gasteiger partial charge is 0.0525 e. The molecule has 76 valence electrons. The van der Waals surface area contributed by atoms with Crippen molar-refractivity contribution in [1.82, 2.24) is 4.98 Å². The van der Waals surface area contributed by atoms with Crippen molar-refractivity contribution in [3.63, 3.8) is 0 Å². The predicted octanol–water partition coefficient (Wildman–Crippen LogP) is 3.73. The molecular formula is C13H12ClN. The molecule has 0 spiro atoms. The molecule has 1 heterocycles. The van der Waals surface area contributed by atoms with Gasteiger partial charge in [0.05, 0.1) is 5.41 Å². The van der Waals surface area contributed by atoms with Crippen LogP contribution >= 0.6 is 11.6 Å². The van der Waals surface area contributed by atoms with E-state index in [4.69, 9.17) is 18.0 Å². The number of halogens is 1. The van der Waals surface area contributed by atoms with Gasteiger partial charge in [0.1, 0.15) is 0 Å². The lowest BCUT2D eigenvalue weighted by atomic mass is 9.85. The monoisotopic (exact) mass is 217 g/mol. The third-order valence-electron chi connectivity index (χ3n) is 2.68. The average Bonchev–Trinajstić information content (AvgIpc) is 2.61. The maximum atomic E-state index is 5.92. The quantitative estimate of drug-likeness (QED) is 0.701. The highest BCUT2D eigenvalue weighted by atomic mass is 35.5. The Balaban J connectivity index is 2.71. The first kappa shape index (κ1) is 10.1. The molecule has 0 amide bonds. The van der Waals surface area contributed by atoms with E-state index in [1.54, 1.807) is 0 Å². The number of benzene rings is 1. The number of rotatable bonds is 1. The van der Waals surface area contributed by atoms with Crippen LogP contribution in [0.5, 0.6) is 0 Å². The van der Waals surface area contributed by atoms with E-state index >= 15 is 0 Å². The second-order valence-corrected chi connectivity index (χ2v) is 4.60. The van der Waals surface area contributed by atoms with Crippen molar-refractivity contribution in [2.45, 2.75) is 19.3 Å². The normalized spacial score (nSPS) is 11.6. The van der Waals surface area contributed by atoms with Gasteiger partial charge in [-0.2, -0.15) is 0 Å². The van der Waals surface area contributed by atoms with Gasteiger partial charge in [0.15, 0.2) is 0 Å². The van der Waals surface area contributed by atoms with Crippen LogP contribution in [0.3, 0.4) is 0 Å². The lowest BCUT2D eigenvalue weighted by Crippen LogP contribution is -2.12. The van der Waals surface area contributed by atoms with E-state index in [0.29, 0.717) is 0 Å². The minimum Gasteiger partial charge on any atom is -0.361 e. The predicted molar refractivity (Wildman–Crippen MR) is 65.2 cm³/mol. The molecule has 0 atom stereocenters. The molecule has 0 saturated carbocycles. The topological polar surface area (TPSA) is 15.8 Å². The first-order valence-electron chi connectivity index (χ1n) is 4.79. The third kappa shape index (κ3) is 1.62. The van der Waals surface area contributed by atoms with E-state index in [-0.39, 0.29) is 5.41 Å². The SMILES string of the molecule is C#CC(C)(C)c1c[nH]c2cc(Cl)ccc12. The molecule has 0 aliphatic rings. The van der Waals surface area contributed by atoms with Gasteiger partial charge in [-0.25, -0.2) is 0 Å². The molecule has 2 aromatic rings. The fraction of sp³-hybridized carbons (Fsp3) is 0.231.